The Balaban J connectivity index is 2.16. The van der Waals surface area contributed by atoms with Crippen LogP contribution in [0.5, 0.6) is 5.75 Å². The molecular weight excluding hydrogens is 224 g/mol. The molecule has 0 radical (unpaired) electrons. The molecule has 3 N–H and O–H groups in total. The van der Waals surface area contributed by atoms with E-state index in [0.717, 1.165) is 30.3 Å². The Hall–Kier alpha value is -1.22. The Bertz CT molecular complexity index is 403. The zero-order chi connectivity index (χ0) is 13.1. The normalized spacial score (nSPS) is 21.9. The van der Waals surface area contributed by atoms with Gasteiger partial charge >= 0.3 is 0 Å². The predicted octanol–water partition coefficient (Wildman–Crippen LogP) is 3.04. The van der Waals surface area contributed by atoms with Crippen LogP contribution < -0.4 is 10.6 Å². The summed E-state index contributed by atoms with van der Waals surface area (Å²) in [4.78, 5) is 2.38. The summed E-state index contributed by atoms with van der Waals surface area (Å²) in [6.07, 6.45) is 3.81. The molecule has 18 heavy (non-hydrogen) atoms. The standard InChI is InChI=1S/C15H24N2O/c1-3-12-5-4-8-17(10-12)13-6-7-14(11(2)16)15(18)9-13/h6-7,9,11-12,18H,3-5,8,10,16H2,1-2H3. The van der Waals surface area contributed by atoms with Gasteiger partial charge in [-0.3, -0.25) is 0 Å². The Morgan fingerprint density at radius 2 is 2.28 bits per heavy atom. The van der Waals surface area contributed by atoms with Crippen LogP contribution in [0.3, 0.4) is 0 Å². The number of phenols is 1. The summed E-state index contributed by atoms with van der Waals surface area (Å²) in [6.45, 7) is 6.34. The average molecular weight is 248 g/mol. The number of aromatic hydroxyl groups is 1. The number of hydrogen-bond donors (Lipinski definition) is 2. The minimum atomic E-state index is -0.121. The zero-order valence-corrected chi connectivity index (χ0v) is 11.4. The lowest BCUT2D eigenvalue weighted by atomic mass is 9.95. The maximum Gasteiger partial charge on any atom is 0.122 e. The third-order valence-corrected chi connectivity index (χ3v) is 3.97. The van der Waals surface area contributed by atoms with Gasteiger partial charge < -0.3 is 15.7 Å². The third kappa shape index (κ3) is 2.78. The van der Waals surface area contributed by atoms with E-state index in [4.69, 9.17) is 5.73 Å². The smallest absolute Gasteiger partial charge is 0.122 e. The van der Waals surface area contributed by atoms with E-state index in [-0.39, 0.29) is 6.04 Å². The molecule has 1 aromatic rings. The second-order valence-corrected chi connectivity index (χ2v) is 5.39. The van der Waals surface area contributed by atoms with E-state index in [0.29, 0.717) is 5.75 Å². The molecular formula is C15H24N2O. The SMILES string of the molecule is CCC1CCCN(c2ccc(C(C)N)c(O)c2)C1. The first kappa shape index (κ1) is 13.2. The molecule has 100 valence electrons. The van der Waals surface area contributed by atoms with Crippen molar-refractivity contribution in [2.45, 2.75) is 39.2 Å². The van der Waals surface area contributed by atoms with Crippen LogP contribution in [0, 0.1) is 5.92 Å². The number of rotatable bonds is 3. The van der Waals surface area contributed by atoms with Gasteiger partial charge in [-0.25, -0.2) is 0 Å². The van der Waals surface area contributed by atoms with Crippen LogP contribution in [-0.2, 0) is 0 Å². The average Bonchev–Trinajstić information content (AvgIpc) is 2.38. The molecule has 3 nitrogen and oxygen atoms in total. The summed E-state index contributed by atoms with van der Waals surface area (Å²) in [7, 11) is 0. The van der Waals surface area contributed by atoms with Gasteiger partial charge in [0.05, 0.1) is 0 Å². The number of piperidine rings is 1. The van der Waals surface area contributed by atoms with Crippen LogP contribution in [-0.4, -0.2) is 18.2 Å². The Kier molecular flexibility index (Phi) is 4.12. The van der Waals surface area contributed by atoms with E-state index in [1.54, 1.807) is 0 Å². The summed E-state index contributed by atoms with van der Waals surface area (Å²) in [5.41, 5.74) is 7.76. The summed E-state index contributed by atoms with van der Waals surface area (Å²) < 4.78 is 0. The molecule has 0 aromatic heterocycles. The maximum atomic E-state index is 10.0. The quantitative estimate of drug-likeness (QED) is 0.864. The van der Waals surface area contributed by atoms with Crippen molar-refractivity contribution in [3.63, 3.8) is 0 Å². The van der Waals surface area contributed by atoms with Gasteiger partial charge in [-0.05, 0) is 31.7 Å². The molecule has 0 saturated carbocycles. The fraction of sp³-hybridized carbons (Fsp3) is 0.600. The van der Waals surface area contributed by atoms with E-state index in [9.17, 15) is 5.11 Å². The Labute approximate surface area is 110 Å². The van der Waals surface area contributed by atoms with Gasteiger partial charge in [-0.15, -0.1) is 0 Å². The van der Waals surface area contributed by atoms with E-state index in [1.807, 2.05) is 19.1 Å². The van der Waals surface area contributed by atoms with Crippen molar-refractivity contribution in [2.75, 3.05) is 18.0 Å². The molecule has 0 aliphatic carbocycles. The van der Waals surface area contributed by atoms with Crippen molar-refractivity contribution in [1.29, 1.82) is 0 Å². The highest BCUT2D eigenvalue weighted by Gasteiger charge is 2.19. The second-order valence-electron chi connectivity index (χ2n) is 5.39. The van der Waals surface area contributed by atoms with E-state index >= 15 is 0 Å². The van der Waals surface area contributed by atoms with E-state index in [1.165, 1.54) is 19.3 Å². The zero-order valence-electron chi connectivity index (χ0n) is 11.4. The first-order chi connectivity index (χ1) is 8.61. The summed E-state index contributed by atoms with van der Waals surface area (Å²) >= 11 is 0. The first-order valence-corrected chi connectivity index (χ1v) is 6.95. The number of phenolic OH excluding ortho intramolecular Hbond substituents is 1. The van der Waals surface area contributed by atoms with Crippen LogP contribution in [0.4, 0.5) is 5.69 Å². The predicted molar refractivity (Wildman–Crippen MR) is 75.9 cm³/mol. The minimum Gasteiger partial charge on any atom is -0.508 e. The van der Waals surface area contributed by atoms with Gasteiger partial charge in [-0.2, -0.15) is 0 Å². The van der Waals surface area contributed by atoms with Crippen molar-refractivity contribution >= 4 is 5.69 Å². The molecule has 1 heterocycles. The molecule has 1 aliphatic rings. The second kappa shape index (κ2) is 5.61. The first-order valence-electron chi connectivity index (χ1n) is 6.95. The van der Waals surface area contributed by atoms with E-state index < -0.39 is 0 Å². The van der Waals surface area contributed by atoms with Crippen molar-refractivity contribution in [1.82, 2.24) is 0 Å². The molecule has 2 atom stereocenters. The summed E-state index contributed by atoms with van der Waals surface area (Å²) in [6, 6.07) is 5.77. The third-order valence-electron chi connectivity index (χ3n) is 3.97. The van der Waals surface area contributed by atoms with Gasteiger partial charge in [0.15, 0.2) is 0 Å². The minimum absolute atomic E-state index is 0.121. The maximum absolute atomic E-state index is 10.0. The molecule has 1 saturated heterocycles. The van der Waals surface area contributed by atoms with Crippen molar-refractivity contribution in [3.8, 4) is 5.75 Å². The lowest BCUT2D eigenvalue weighted by molar-refractivity contribution is 0.404. The molecule has 0 amide bonds. The summed E-state index contributed by atoms with van der Waals surface area (Å²) in [5.74, 6) is 1.11. The van der Waals surface area contributed by atoms with Crippen LogP contribution in [0.25, 0.3) is 0 Å². The van der Waals surface area contributed by atoms with Crippen molar-refractivity contribution in [3.05, 3.63) is 23.8 Å². The monoisotopic (exact) mass is 248 g/mol. The topological polar surface area (TPSA) is 49.5 Å². The largest absolute Gasteiger partial charge is 0.508 e. The van der Waals surface area contributed by atoms with Crippen molar-refractivity contribution in [2.24, 2.45) is 11.7 Å². The highest BCUT2D eigenvalue weighted by Crippen LogP contribution is 2.31. The lowest BCUT2D eigenvalue weighted by Crippen LogP contribution is -2.35. The molecule has 0 spiro atoms. The molecule has 2 unspecified atom stereocenters. The fourth-order valence-electron chi connectivity index (χ4n) is 2.75. The van der Waals surface area contributed by atoms with Crippen molar-refractivity contribution < 1.29 is 5.11 Å². The Morgan fingerprint density at radius 1 is 1.50 bits per heavy atom. The van der Waals surface area contributed by atoms with Crippen LogP contribution in [0.1, 0.15) is 44.7 Å². The number of anilines is 1. The molecule has 1 fully saturated rings. The van der Waals surface area contributed by atoms with Gasteiger partial charge in [0.25, 0.3) is 0 Å². The lowest BCUT2D eigenvalue weighted by Gasteiger charge is -2.34. The highest BCUT2D eigenvalue weighted by atomic mass is 16.3. The molecule has 1 aromatic carbocycles. The number of nitrogens with two attached hydrogens (primary N) is 1. The van der Waals surface area contributed by atoms with Crippen LogP contribution in [0.15, 0.2) is 18.2 Å². The fourth-order valence-corrected chi connectivity index (χ4v) is 2.75. The molecule has 2 rings (SSSR count). The van der Waals surface area contributed by atoms with Gasteiger partial charge in [0, 0.05) is 36.4 Å². The summed E-state index contributed by atoms with van der Waals surface area (Å²) in [5, 5.41) is 10.0. The van der Waals surface area contributed by atoms with Gasteiger partial charge in [-0.1, -0.05) is 19.4 Å². The highest BCUT2D eigenvalue weighted by molar-refractivity contribution is 5.54. The number of hydrogen-bond acceptors (Lipinski definition) is 3. The van der Waals surface area contributed by atoms with Crippen LogP contribution in [0.2, 0.25) is 0 Å². The van der Waals surface area contributed by atoms with Gasteiger partial charge in [0.1, 0.15) is 5.75 Å². The number of benzene rings is 1. The van der Waals surface area contributed by atoms with Crippen LogP contribution >= 0.6 is 0 Å². The Morgan fingerprint density at radius 3 is 2.89 bits per heavy atom. The van der Waals surface area contributed by atoms with Gasteiger partial charge in [0.2, 0.25) is 0 Å². The molecule has 0 bridgehead atoms. The molecule has 3 heteroatoms. The van der Waals surface area contributed by atoms with E-state index in [2.05, 4.69) is 17.9 Å². The molecule has 1 aliphatic heterocycles. The number of nitrogens with zero attached hydrogens (tertiary/aromatic N) is 1.